The zero-order valence-corrected chi connectivity index (χ0v) is 10.2. The second-order valence-corrected chi connectivity index (χ2v) is 4.53. The molecule has 0 amide bonds. The van der Waals surface area contributed by atoms with Crippen molar-refractivity contribution in [1.82, 2.24) is 15.0 Å². The summed E-state index contributed by atoms with van der Waals surface area (Å²) in [5.74, 6) is 0.731. The maximum absolute atomic E-state index is 11.6. The maximum Gasteiger partial charge on any atom is 0.348 e. The standard InChI is InChI=1S/C13H14N4O/c1-9-4-3-7-17(8-9)12-10-5-2-6-14-11(10)15-13(18)16-12/h2,4-6H,3,7-8H2,1H3,(H,14,15,16,18). The molecule has 2 aromatic rings. The van der Waals surface area contributed by atoms with Gasteiger partial charge in [-0.3, -0.25) is 4.98 Å². The zero-order valence-electron chi connectivity index (χ0n) is 10.2. The Balaban J connectivity index is 2.16. The van der Waals surface area contributed by atoms with Gasteiger partial charge in [-0.25, -0.2) is 9.78 Å². The molecule has 1 aliphatic heterocycles. The van der Waals surface area contributed by atoms with Crippen LogP contribution in [0.25, 0.3) is 11.0 Å². The average molecular weight is 242 g/mol. The molecule has 0 spiro atoms. The molecule has 92 valence electrons. The summed E-state index contributed by atoms with van der Waals surface area (Å²) in [4.78, 5) is 24.7. The number of H-pyrrole nitrogens is 1. The molecule has 1 aliphatic rings. The van der Waals surface area contributed by atoms with Crippen LogP contribution in [0.4, 0.5) is 5.82 Å². The smallest absolute Gasteiger partial charge is 0.348 e. The van der Waals surface area contributed by atoms with Gasteiger partial charge in [0.05, 0.1) is 5.39 Å². The highest BCUT2D eigenvalue weighted by atomic mass is 16.1. The highest BCUT2D eigenvalue weighted by Crippen LogP contribution is 2.23. The molecule has 5 heteroatoms. The van der Waals surface area contributed by atoms with Crippen LogP contribution >= 0.6 is 0 Å². The number of aromatic nitrogens is 3. The Labute approximate surface area is 104 Å². The predicted molar refractivity (Wildman–Crippen MR) is 70.7 cm³/mol. The normalized spacial score (nSPS) is 15.8. The van der Waals surface area contributed by atoms with Gasteiger partial charge in [0, 0.05) is 19.3 Å². The molecule has 0 fully saturated rings. The molecule has 0 saturated heterocycles. The van der Waals surface area contributed by atoms with Crippen LogP contribution in [0.2, 0.25) is 0 Å². The largest absolute Gasteiger partial charge is 0.352 e. The molecular formula is C13H14N4O. The number of rotatable bonds is 1. The monoisotopic (exact) mass is 242 g/mol. The molecule has 1 N–H and O–H groups in total. The van der Waals surface area contributed by atoms with Crippen LogP contribution < -0.4 is 10.6 Å². The van der Waals surface area contributed by atoms with Crippen molar-refractivity contribution < 1.29 is 0 Å². The summed E-state index contributed by atoms with van der Waals surface area (Å²) in [5.41, 5.74) is 1.56. The summed E-state index contributed by atoms with van der Waals surface area (Å²) in [6, 6.07) is 3.80. The SMILES string of the molecule is CC1=CCCN(c2nc(=O)[nH]c3ncccc23)C1. The first-order chi connectivity index (χ1) is 8.74. The lowest BCUT2D eigenvalue weighted by Gasteiger charge is -2.27. The fourth-order valence-electron chi connectivity index (χ4n) is 2.30. The number of anilines is 1. The van der Waals surface area contributed by atoms with Gasteiger partial charge in [-0.1, -0.05) is 11.6 Å². The van der Waals surface area contributed by atoms with Crippen LogP contribution in [0.5, 0.6) is 0 Å². The number of aromatic amines is 1. The summed E-state index contributed by atoms with van der Waals surface area (Å²) in [5, 5.41) is 0.895. The first-order valence-corrected chi connectivity index (χ1v) is 6.00. The van der Waals surface area contributed by atoms with E-state index in [2.05, 4.69) is 32.9 Å². The summed E-state index contributed by atoms with van der Waals surface area (Å²) in [6.07, 6.45) is 4.88. The molecule has 0 bridgehead atoms. The van der Waals surface area contributed by atoms with Gasteiger partial charge < -0.3 is 4.90 Å². The van der Waals surface area contributed by atoms with E-state index >= 15 is 0 Å². The summed E-state index contributed by atoms with van der Waals surface area (Å²) in [6.45, 7) is 3.80. The summed E-state index contributed by atoms with van der Waals surface area (Å²) in [7, 11) is 0. The zero-order chi connectivity index (χ0) is 12.5. The first kappa shape index (κ1) is 11.0. The van der Waals surface area contributed by atoms with E-state index in [9.17, 15) is 4.79 Å². The third-order valence-electron chi connectivity index (χ3n) is 3.11. The predicted octanol–water partition coefficient (Wildman–Crippen LogP) is 1.47. The lowest BCUT2D eigenvalue weighted by molar-refractivity contribution is 0.777. The van der Waals surface area contributed by atoms with Gasteiger partial charge in [-0.2, -0.15) is 4.98 Å². The minimum absolute atomic E-state index is 0.344. The second kappa shape index (κ2) is 4.25. The number of hydrogen-bond donors (Lipinski definition) is 1. The third kappa shape index (κ3) is 1.88. The number of fused-ring (bicyclic) bond motifs is 1. The van der Waals surface area contributed by atoms with E-state index in [1.54, 1.807) is 6.20 Å². The molecule has 3 rings (SSSR count). The summed E-state index contributed by atoms with van der Waals surface area (Å²) < 4.78 is 0. The van der Waals surface area contributed by atoms with Gasteiger partial charge in [0.1, 0.15) is 11.5 Å². The molecule has 2 aromatic heterocycles. The van der Waals surface area contributed by atoms with Gasteiger partial charge in [-0.05, 0) is 25.5 Å². The molecule has 0 radical (unpaired) electrons. The van der Waals surface area contributed by atoms with Gasteiger partial charge in [0.25, 0.3) is 0 Å². The molecule has 0 atom stereocenters. The van der Waals surface area contributed by atoms with Crippen LogP contribution in [-0.2, 0) is 0 Å². The number of nitrogens with zero attached hydrogens (tertiary/aromatic N) is 3. The second-order valence-electron chi connectivity index (χ2n) is 4.53. The Morgan fingerprint density at radius 3 is 3.17 bits per heavy atom. The molecule has 0 aromatic carbocycles. The van der Waals surface area contributed by atoms with Crippen molar-refractivity contribution in [3.8, 4) is 0 Å². The van der Waals surface area contributed by atoms with Crippen molar-refractivity contribution in [3.63, 3.8) is 0 Å². The van der Waals surface area contributed by atoms with E-state index in [0.29, 0.717) is 5.65 Å². The number of pyridine rings is 1. The minimum Gasteiger partial charge on any atom is -0.352 e. The van der Waals surface area contributed by atoms with Crippen molar-refractivity contribution in [3.05, 3.63) is 40.5 Å². The van der Waals surface area contributed by atoms with Crippen molar-refractivity contribution in [1.29, 1.82) is 0 Å². The average Bonchev–Trinajstić information content (AvgIpc) is 2.37. The lowest BCUT2D eigenvalue weighted by atomic mass is 10.1. The van der Waals surface area contributed by atoms with E-state index in [0.717, 1.165) is 30.7 Å². The Morgan fingerprint density at radius 2 is 2.33 bits per heavy atom. The highest BCUT2D eigenvalue weighted by Gasteiger charge is 2.16. The molecule has 0 unspecified atom stereocenters. The van der Waals surface area contributed by atoms with E-state index in [1.807, 2.05) is 12.1 Å². The fraction of sp³-hybridized carbons (Fsp3) is 0.308. The first-order valence-electron chi connectivity index (χ1n) is 6.00. The molecule has 0 aliphatic carbocycles. The third-order valence-corrected chi connectivity index (χ3v) is 3.11. The Bertz CT molecular complexity index is 674. The van der Waals surface area contributed by atoms with Crippen LogP contribution in [0, 0.1) is 0 Å². The van der Waals surface area contributed by atoms with Gasteiger partial charge in [0.2, 0.25) is 0 Å². The molecule has 18 heavy (non-hydrogen) atoms. The van der Waals surface area contributed by atoms with E-state index in [1.165, 1.54) is 5.57 Å². The van der Waals surface area contributed by atoms with Crippen molar-refractivity contribution in [2.75, 3.05) is 18.0 Å². The number of hydrogen-bond acceptors (Lipinski definition) is 4. The van der Waals surface area contributed by atoms with Crippen LogP contribution in [0.15, 0.2) is 34.8 Å². The molecular weight excluding hydrogens is 228 g/mol. The van der Waals surface area contributed by atoms with Crippen molar-refractivity contribution in [2.24, 2.45) is 0 Å². The lowest BCUT2D eigenvalue weighted by Crippen LogP contribution is -2.32. The van der Waals surface area contributed by atoms with Gasteiger partial charge >= 0.3 is 5.69 Å². The van der Waals surface area contributed by atoms with Crippen LogP contribution in [-0.4, -0.2) is 28.0 Å². The quantitative estimate of drug-likeness (QED) is 0.769. The van der Waals surface area contributed by atoms with Crippen LogP contribution in [0.1, 0.15) is 13.3 Å². The van der Waals surface area contributed by atoms with Crippen molar-refractivity contribution in [2.45, 2.75) is 13.3 Å². The van der Waals surface area contributed by atoms with Crippen molar-refractivity contribution >= 4 is 16.9 Å². The Morgan fingerprint density at radius 1 is 1.44 bits per heavy atom. The highest BCUT2D eigenvalue weighted by molar-refractivity contribution is 5.86. The van der Waals surface area contributed by atoms with E-state index < -0.39 is 0 Å². The van der Waals surface area contributed by atoms with Crippen LogP contribution in [0.3, 0.4) is 0 Å². The molecule has 5 nitrogen and oxygen atoms in total. The Kier molecular flexibility index (Phi) is 2.59. The molecule has 3 heterocycles. The van der Waals surface area contributed by atoms with E-state index in [-0.39, 0.29) is 5.69 Å². The minimum atomic E-state index is -0.344. The molecule has 0 saturated carbocycles. The van der Waals surface area contributed by atoms with Gasteiger partial charge in [0.15, 0.2) is 0 Å². The topological polar surface area (TPSA) is 61.9 Å². The summed E-state index contributed by atoms with van der Waals surface area (Å²) >= 11 is 0. The Hall–Kier alpha value is -2.17. The van der Waals surface area contributed by atoms with E-state index in [4.69, 9.17) is 0 Å². The maximum atomic E-state index is 11.6. The fourth-order valence-corrected chi connectivity index (χ4v) is 2.30. The van der Waals surface area contributed by atoms with Gasteiger partial charge in [-0.15, -0.1) is 0 Å². The number of nitrogens with one attached hydrogen (secondary N) is 1.